The van der Waals surface area contributed by atoms with Crippen LogP contribution < -0.4 is 0 Å². The Balaban J connectivity index is 2.71. The van der Waals surface area contributed by atoms with Crippen molar-refractivity contribution in [1.29, 1.82) is 0 Å². The molecular formula is C11H9ClO2. The molecule has 0 heterocycles. The van der Waals surface area contributed by atoms with Gasteiger partial charge in [0.15, 0.2) is 0 Å². The number of benzene rings is 1. The van der Waals surface area contributed by atoms with Crippen LogP contribution in [0.25, 0.3) is 0 Å². The molecule has 0 spiro atoms. The zero-order chi connectivity index (χ0) is 10.6. The average Bonchev–Trinajstić information content (AvgIpc) is 2.18. The van der Waals surface area contributed by atoms with Crippen LogP contribution in [0.5, 0.6) is 0 Å². The van der Waals surface area contributed by atoms with Gasteiger partial charge in [0, 0.05) is 10.9 Å². The normalized spacial score (nSPS) is 11.5. The van der Waals surface area contributed by atoms with Gasteiger partial charge < -0.3 is 4.74 Å². The third kappa shape index (κ3) is 2.79. The second kappa shape index (κ2) is 4.69. The highest BCUT2D eigenvalue weighted by Crippen LogP contribution is 2.18. The first kappa shape index (κ1) is 10.6. The molecule has 1 aromatic rings. The van der Waals surface area contributed by atoms with Gasteiger partial charge in [0.2, 0.25) is 0 Å². The lowest BCUT2D eigenvalue weighted by Gasteiger charge is -2.10. The third-order valence-electron chi connectivity index (χ3n) is 1.74. The number of carbonyl (C=O) groups excluding carboxylic acids is 1. The van der Waals surface area contributed by atoms with Crippen LogP contribution >= 0.6 is 11.6 Å². The molecule has 0 N–H and O–H groups in total. The fourth-order valence-electron chi connectivity index (χ4n) is 0.996. The van der Waals surface area contributed by atoms with Crippen LogP contribution in [0.3, 0.4) is 0 Å². The first-order valence-corrected chi connectivity index (χ1v) is 4.44. The van der Waals surface area contributed by atoms with Gasteiger partial charge in [0.1, 0.15) is 6.10 Å². The van der Waals surface area contributed by atoms with E-state index in [9.17, 15) is 4.79 Å². The molecule has 0 saturated carbocycles. The van der Waals surface area contributed by atoms with Gasteiger partial charge in [-0.1, -0.05) is 23.7 Å². The van der Waals surface area contributed by atoms with Crippen molar-refractivity contribution in [3.8, 4) is 12.3 Å². The fraction of sp³-hybridized carbons (Fsp3) is 0.182. The summed E-state index contributed by atoms with van der Waals surface area (Å²) < 4.78 is 4.91. The maximum absolute atomic E-state index is 10.8. The largest absolute Gasteiger partial charge is 0.448 e. The predicted octanol–water partition coefficient (Wildman–Crippen LogP) is 2.58. The molecule has 0 aliphatic heterocycles. The van der Waals surface area contributed by atoms with Crippen molar-refractivity contribution in [3.05, 3.63) is 34.9 Å². The smallest absolute Gasteiger partial charge is 0.384 e. The molecule has 3 heteroatoms. The summed E-state index contributed by atoms with van der Waals surface area (Å²) in [4.78, 5) is 10.8. The Morgan fingerprint density at radius 1 is 1.50 bits per heavy atom. The van der Waals surface area contributed by atoms with Gasteiger partial charge in [0.05, 0.1) is 0 Å². The van der Waals surface area contributed by atoms with E-state index < -0.39 is 5.97 Å². The molecule has 0 amide bonds. The zero-order valence-corrected chi connectivity index (χ0v) is 8.41. The van der Waals surface area contributed by atoms with Gasteiger partial charge in [-0.15, -0.1) is 6.42 Å². The predicted molar refractivity (Wildman–Crippen MR) is 54.8 cm³/mol. The van der Waals surface area contributed by atoms with E-state index in [1.54, 1.807) is 31.2 Å². The van der Waals surface area contributed by atoms with Crippen LogP contribution in [0.1, 0.15) is 18.6 Å². The molecule has 1 aromatic carbocycles. The lowest BCUT2D eigenvalue weighted by atomic mass is 10.1. The van der Waals surface area contributed by atoms with Gasteiger partial charge in [0.25, 0.3) is 0 Å². The summed E-state index contributed by atoms with van der Waals surface area (Å²) in [6, 6.07) is 7.04. The van der Waals surface area contributed by atoms with Crippen molar-refractivity contribution < 1.29 is 9.53 Å². The van der Waals surface area contributed by atoms with Crippen LogP contribution in [-0.2, 0) is 9.53 Å². The number of carbonyl (C=O) groups is 1. The second-order valence-corrected chi connectivity index (χ2v) is 3.18. The van der Waals surface area contributed by atoms with Crippen molar-refractivity contribution in [2.45, 2.75) is 13.0 Å². The molecule has 0 radical (unpaired) electrons. The van der Waals surface area contributed by atoms with Crippen molar-refractivity contribution in [2.24, 2.45) is 0 Å². The standard InChI is InChI=1S/C11H9ClO2/c1-3-11(13)14-8(2)9-4-6-10(12)7-5-9/h1,4-8H,2H3. The average molecular weight is 209 g/mol. The molecule has 0 aromatic heterocycles. The van der Waals surface area contributed by atoms with E-state index >= 15 is 0 Å². The van der Waals surface area contributed by atoms with Gasteiger partial charge in [-0.3, -0.25) is 0 Å². The summed E-state index contributed by atoms with van der Waals surface area (Å²) in [5.41, 5.74) is 0.859. The molecule has 1 rings (SSSR count). The highest BCUT2D eigenvalue weighted by atomic mass is 35.5. The summed E-state index contributed by atoms with van der Waals surface area (Å²) in [5.74, 6) is 1.23. The van der Waals surface area contributed by atoms with Crippen molar-refractivity contribution in [2.75, 3.05) is 0 Å². The number of terminal acetylenes is 1. The summed E-state index contributed by atoms with van der Waals surface area (Å²) in [5, 5.41) is 0.643. The Morgan fingerprint density at radius 3 is 2.57 bits per heavy atom. The number of esters is 1. The molecule has 0 fully saturated rings. The SMILES string of the molecule is C#CC(=O)OC(C)c1ccc(Cl)cc1. The molecule has 0 aliphatic rings. The van der Waals surface area contributed by atoms with Gasteiger partial charge in [-0.25, -0.2) is 4.79 Å². The van der Waals surface area contributed by atoms with E-state index in [2.05, 4.69) is 0 Å². The maximum Gasteiger partial charge on any atom is 0.384 e. The molecule has 0 saturated heterocycles. The number of hydrogen-bond donors (Lipinski definition) is 0. The van der Waals surface area contributed by atoms with Crippen LogP contribution in [0.2, 0.25) is 5.02 Å². The molecule has 0 aliphatic carbocycles. The first-order chi connectivity index (χ1) is 6.63. The van der Waals surface area contributed by atoms with Crippen molar-refractivity contribution in [3.63, 3.8) is 0 Å². The topological polar surface area (TPSA) is 26.3 Å². The summed E-state index contributed by atoms with van der Waals surface area (Å²) >= 11 is 5.71. The summed E-state index contributed by atoms with van der Waals surface area (Å²) in [6.45, 7) is 1.75. The second-order valence-electron chi connectivity index (χ2n) is 2.74. The molecule has 72 valence electrons. The minimum atomic E-state index is -0.660. The highest BCUT2D eigenvalue weighted by molar-refractivity contribution is 6.30. The van der Waals surface area contributed by atoms with E-state index in [0.717, 1.165) is 5.56 Å². The van der Waals surface area contributed by atoms with Crippen LogP contribution in [0.15, 0.2) is 24.3 Å². The van der Waals surface area contributed by atoms with Crippen molar-refractivity contribution >= 4 is 17.6 Å². The minimum Gasteiger partial charge on any atom is -0.448 e. The Hall–Kier alpha value is -1.46. The molecule has 1 atom stereocenters. The van der Waals surface area contributed by atoms with E-state index in [1.165, 1.54) is 0 Å². The van der Waals surface area contributed by atoms with Gasteiger partial charge >= 0.3 is 5.97 Å². The summed E-state index contributed by atoms with van der Waals surface area (Å²) in [7, 11) is 0. The number of halogens is 1. The third-order valence-corrected chi connectivity index (χ3v) is 1.99. The quantitative estimate of drug-likeness (QED) is 0.424. The Morgan fingerprint density at radius 2 is 2.07 bits per heavy atom. The minimum absolute atomic E-state index is 0.351. The van der Waals surface area contributed by atoms with Crippen LogP contribution in [0, 0.1) is 12.3 Å². The van der Waals surface area contributed by atoms with Crippen LogP contribution in [-0.4, -0.2) is 5.97 Å². The van der Waals surface area contributed by atoms with E-state index in [0.29, 0.717) is 5.02 Å². The molecule has 2 nitrogen and oxygen atoms in total. The molecule has 14 heavy (non-hydrogen) atoms. The van der Waals surface area contributed by atoms with E-state index in [-0.39, 0.29) is 6.10 Å². The maximum atomic E-state index is 10.8. The van der Waals surface area contributed by atoms with Gasteiger partial charge in [-0.2, -0.15) is 0 Å². The lowest BCUT2D eigenvalue weighted by Crippen LogP contribution is -2.05. The fourth-order valence-corrected chi connectivity index (χ4v) is 1.12. The Labute approximate surface area is 87.8 Å². The summed E-state index contributed by atoms with van der Waals surface area (Å²) in [6.07, 6.45) is 4.53. The van der Waals surface area contributed by atoms with Gasteiger partial charge in [-0.05, 0) is 24.6 Å². The Kier molecular flexibility index (Phi) is 3.55. The molecule has 1 unspecified atom stereocenters. The molecular weight excluding hydrogens is 200 g/mol. The number of rotatable bonds is 2. The lowest BCUT2D eigenvalue weighted by molar-refractivity contribution is -0.141. The highest BCUT2D eigenvalue weighted by Gasteiger charge is 2.08. The van der Waals surface area contributed by atoms with E-state index in [1.807, 2.05) is 5.92 Å². The molecule has 0 bridgehead atoms. The number of ether oxygens (including phenoxy) is 1. The van der Waals surface area contributed by atoms with E-state index in [4.69, 9.17) is 22.8 Å². The first-order valence-electron chi connectivity index (χ1n) is 4.06. The van der Waals surface area contributed by atoms with Crippen molar-refractivity contribution in [1.82, 2.24) is 0 Å². The Bertz CT molecular complexity index is 362. The zero-order valence-electron chi connectivity index (χ0n) is 7.66. The number of hydrogen-bond acceptors (Lipinski definition) is 2. The van der Waals surface area contributed by atoms with Crippen LogP contribution in [0.4, 0.5) is 0 Å². The monoisotopic (exact) mass is 208 g/mol.